The molecule has 0 aliphatic rings. The van der Waals surface area contributed by atoms with Crippen LogP contribution in [0, 0.1) is 0 Å². The molecule has 3 rings (SSSR count). The third-order valence-electron chi connectivity index (χ3n) is 7.46. The lowest BCUT2D eigenvalue weighted by Crippen LogP contribution is -2.27. The van der Waals surface area contributed by atoms with Gasteiger partial charge < -0.3 is 27.8 Å². The highest BCUT2D eigenvalue weighted by molar-refractivity contribution is 6.05. The summed E-state index contributed by atoms with van der Waals surface area (Å²) in [6.07, 6.45) is 9.08. The standard InChI is InChI=1S/C32H52N6/c33-17-5-8-20-36-21-9-10-22-37-25-31-27-13-1-3-15-29(27)32(30-16-4-2-14-28(30)31)26-38(23-11-6-18-34)24-12-7-19-35/h1-4,13-16,36-37H,5-12,17-26,33-35H2. The Labute approximate surface area is 230 Å². The molecule has 0 fully saturated rings. The van der Waals surface area contributed by atoms with E-state index in [1.165, 1.54) is 51.9 Å². The Balaban J connectivity index is 1.73. The Morgan fingerprint density at radius 3 is 1.42 bits per heavy atom. The Morgan fingerprint density at radius 1 is 0.500 bits per heavy atom. The molecular weight excluding hydrogens is 468 g/mol. The molecule has 0 atom stereocenters. The number of hydrogen-bond donors (Lipinski definition) is 5. The molecule has 3 aromatic carbocycles. The van der Waals surface area contributed by atoms with Gasteiger partial charge in [-0.2, -0.15) is 0 Å². The summed E-state index contributed by atoms with van der Waals surface area (Å²) in [5, 5.41) is 12.8. The first-order valence-corrected chi connectivity index (χ1v) is 14.9. The maximum absolute atomic E-state index is 5.80. The van der Waals surface area contributed by atoms with Gasteiger partial charge in [-0.15, -0.1) is 0 Å². The van der Waals surface area contributed by atoms with Crippen LogP contribution in [0.25, 0.3) is 21.5 Å². The largest absolute Gasteiger partial charge is 0.330 e. The van der Waals surface area contributed by atoms with Crippen molar-refractivity contribution in [3.8, 4) is 0 Å². The molecule has 6 nitrogen and oxygen atoms in total. The second kappa shape index (κ2) is 18.3. The zero-order chi connectivity index (χ0) is 26.8. The van der Waals surface area contributed by atoms with E-state index in [9.17, 15) is 0 Å². The minimum absolute atomic E-state index is 0.759. The van der Waals surface area contributed by atoms with E-state index in [-0.39, 0.29) is 0 Å². The van der Waals surface area contributed by atoms with Crippen LogP contribution in [0.2, 0.25) is 0 Å². The third-order valence-corrected chi connectivity index (χ3v) is 7.46. The van der Waals surface area contributed by atoms with E-state index in [1.807, 2.05) is 0 Å². The maximum Gasteiger partial charge on any atom is 0.0246 e. The Bertz CT molecular complexity index is 986. The van der Waals surface area contributed by atoms with E-state index in [1.54, 1.807) is 0 Å². The van der Waals surface area contributed by atoms with Crippen LogP contribution in [-0.2, 0) is 13.1 Å². The summed E-state index contributed by atoms with van der Waals surface area (Å²) >= 11 is 0. The van der Waals surface area contributed by atoms with Gasteiger partial charge in [0.25, 0.3) is 0 Å². The molecule has 38 heavy (non-hydrogen) atoms. The van der Waals surface area contributed by atoms with Crippen molar-refractivity contribution in [3.05, 3.63) is 59.7 Å². The van der Waals surface area contributed by atoms with Gasteiger partial charge in [0, 0.05) is 13.1 Å². The average Bonchev–Trinajstić information content (AvgIpc) is 2.95. The molecule has 0 unspecified atom stereocenters. The van der Waals surface area contributed by atoms with Crippen molar-refractivity contribution in [1.82, 2.24) is 15.5 Å². The van der Waals surface area contributed by atoms with Crippen molar-refractivity contribution in [2.45, 2.75) is 64.5 Å². The number of fused-ring (bicyclic) bond motifs is 2. The molecule has 0 aliphatic carbocycles. The van der Waals surface area contributed by atoms with Gasteiger partial charge in [0.05, 0.1) is 0 Å². The van der Waals surface area contributed by atoms with E-state index >= 15 is 0 Å². The molecule has 0 saturated heterocycles. The van der Waals surface area contributed by atoms with E-state index in [0.717, 1.165) is 97.6 Å². The smallest absolute Gasteiger partial charge is 0.0246 e. The number of benzene rings is 3. The fourth-order valence-electron chi connectivity index (χ4n) is 5.36. The third kappa shape index (κ3) is 9.60. The summed E-state index contributed by atoms with van der Waals surface area (Å²) in [5.41, 5.74) is 20.0. The number of nitrogens with zero attached hydrogens (tertiary/aromatic N) is 1. The molecule has 6 heteroatoms. The quantitative estimate of drug-likeness (QED) is 0.105. The molecular formula is C32H52N6. The number of nitrogens with one attached hydrogen (secondary N) is 2. The Kier molecular flexibility index (Phi) is 14.7. The Morgan fingerprint density at radius 2 is 0.921 bits per heavy atom. The zero-order valence-electron chi connectivity index (χ0n) is 23.5. The minimum atomic E-state index is 0.759. The van der Waals surface area contributed by atoms with E-state index in [2.05, 4.69) is 64.1 Å². The van der Waals surface area contributed by atoms with Crippen molar-refractivity contribution in [2.75, 3.05) is 52.4 Å². The summed E-state index contributed by atoms with van der Waals surface area (Å²) in [7, 11) is 0. The van der Waals surface area contributed by atoms with Gasteiger partial charge in [-0.1, -0.05) is 48.5 Å². The van der Waals surface area contributed by atoms with E-state index in [0.29, 0.717) is 0 Å². The maximum atomic E-state index is 5.80. The predicted octanol–water partition coefficient (Wildman–Crippen LogP) is 4.47. The monoisotopic (exact) mass is 520 g/mol. The van der Waals surface area contributed by atoms with E-state index < -0.39 is 0 Å². The normalized spacial score (nSPS) is 11.8. The molecule has 0 amide bonds. The molecule has 0 spiro atoms. The van der Waals surface area contributed by atoms with Crippen molar-refractivity contribution < 1.29 is 0 Å². The molecule has 0 aromatic heterocycles. The second-order valence-electron chi connectivity index (χ2n) is 10.4. The van der Waals surface area contributed by atoms with Crippen molar-refractivity contribution in [2.24, 2.45) is 17.2 Å². The first kappa shape index (κ1) is 30.5. The van der Waals surface area contributed by atoms with Gasteiger partial charge in [0.1, 0.15) is 0 Å². The van der Waals surface area contributed by atoms with Crippen LogP contribution in [0.4, 0.5) is 0 Å². The molecule has 210 valence electrons. The van der Waals surface area contributed by atoms with Crippen LogP contribution >= 0.6 is 0 Å². The second-order valence-corrected chi connectivity index (χ2v) is 10.4. The number of unbranched alkanes of at least 4 members (excludes halogenated alkanes) is 4. The molecule has 3 aromatic rings. The minimum Gasteiger partial charge on any atom is -0.330 e. The van der Waals surface area contributed by atoms with Gasteiger partial charge in [-0.3, -0.25) is 4.90 Å². The van der Waals surface area contributed by atoms with Gasteiger partial charge >= 0.3 is 0 Å². The van der Waals surface area contributed by atoms with Gasteiger partial charge in [0.15, 0.2) is 0 Å². The van der Waals surface area contributed by atoms with Crippen molar-refractivity contribution >= 4 is 21.5 Å². The fourth-order valence-corrected chi connectivity index (χ4v) is 5.36. The number of hydrogen-bond acceptors (Lipinski definition) is 6. The van der Waals surface area contributed by atoms with E-state index in [4.69, 9.17) is 17.2 Å². The zero-order valence-corrected chi connectivity index (χ0v) is 23.5. The average molecular weight is 521 g/mol. The SMILES string of the molecule is NCCCCNCCCCNCc1c2ccccc2c(CN(CCCCN)CCCCN)c2ccccc12. The first-order valence-electron chi connectivity index (χ1n) is 14.9. The molecule has 0 saturated carbocycles. The summed E-state index contributed by atoms with van der Waals surface area (Å²) in [5.74, 6) is 0. The molecule has 0 aliphatic heterocycles. The molecule has 0 bridgehead atoms. The van der Waals surface area contributed by atoms with Crippen molar-refractivity contribution in [1.29, 1.82) is 0 Å². The van der Waals surface area contributed by atoms with Crippen LogP contribution in [0.3, 0.4) is 0 Å². The summed E-state index contributed by atoms with van der Waals surface area (Å²) < 4.78 is 0. The van der Waals surface area contributed by atoms with Gasteiger partial charge in [0.2, 0.25) is 0 Å². The fraction of sp³-hybridized carbons (Fsp3) is 0.562. The highest BCUT2D eigenvalue weighted by atomic mass is 15.1. The lowest BCUT2D eigenvalue weighted by atomic mass is 9.91. The highest BCUT2D eigenvalue weighted by Crippen LogP contribution is 2.34. The van der Waals surface area contributed by atoms with Crippen LogP contribution in [-0.4, -0.2) is 57.3 Å². The summed E-state index contributed by atoms with van der Waals surface area (Å²) in [6.45, 7) is 9.51. The highest BCUT2D eigenvalue weighted by Gasteiger charge is 2.16. The number of rotatable bonds is 21. The van der Waals surface area contributed by atoms with Gasteiger partial charge in [-0.25, -0.2) is 0 Å². The van der Waals surface area contributed by atoms with Crippen LogP contribution in [0.1, 0.15) is 62.5 Å². The van der Waals surface area contributed by atoms with Crippen LogP contribution in [0.15, 0.2) is 48.5 Å². The van der Waals surface area contributed by atoms with Crippen LogP contribution in [0.5, 0.6) is 0 Å². The summed E-state index contributed by atoms with van der Waals surface area (Å²) in [4.78, 5) is 2.61. The molecule has 0 radical (unpaired) electrons. The van der Waals surface area contributed by atoms with Crippen LogP contribution < -0.4 is 27.8 Å². The van der Waals surface area contributed by atoms with Gasteiger partial charge in [-0.05, 0) is 136 Å². The lowest BCUT2D eigenvalue weighted by molar-refractivity contribution is 0.257. The molecule has 0 heterocycles. The van der Waals surface area contributed by atoms with Crippen molar-refractivity contribution in [3.63, 3.8) is 0 Å². The Hall–Kier alpha value is -2.06. The lowest BCUT2D eigenvalue weighted by Gasteiger charge is -2.25. The summed E-state index contributed by atoms with van der Waals surface area (Å²) in [6, 6.07) is 18.0. The first-order chi connectivity index (χ1) is 18.8. The predicted molar refractivity (Wildman–Crippen MR) is 165 cm³/mol. The topological polar surface area (TPSA) is 105 Å². The molecule has 8 N–H and O–H groups in total. The number of nitrogens with two attached hydrogens (primary N) is 3.